The Balaban J connectivity index is 1.77. The van der Waals surface area contributed by atoms with Gasteiger partial charge in [-0.05, 0) is 43.4 Å². The summed E-state index contributed by atoms with van der Waals surface area (Å²) < 4.78 is 11.7. The van der Waals surface area contributed by atoms with Crippen LogP contribution in [0.15, 0.2) is 36.4 Å². The molecule has 1 aliphatic heterocycles. The lowest BCUT2D eigenvalue weighted by atomic mass is 9.76. The van der Waals surface area contributed by atoms with E-state index in [-0.39, 0.29) is 25.5 Å². The topological polar surface area (TPSA) is 125 Å². The molecule has 38 heavy (non-hydrogen) atoms. The van der Waals surface area contributed by atoms with Crippen molar-refractivity contribution in [3.63, 3.8) is 0 Å². The first-order valence-corrected chi connectivity index (χ1v) is 13.5. The molecule has 0 aromatic heterocycles. The van der Waals surface area contributed by atoms with Crippen LogP contribution >= 0.6 is 0 Å². The fourth-order valence-corrected chi connectivity index (χ4v) is 5.97. The van der Waals surface area contributed by atoms with E-state index in [0.29, 0.717) is 53.4 Å². The molecule has 9 heteroatoms. The van der Waals surface area contributed by atoms with Gasteiger partial charge in [-0.1, -0.05) is 25.3 Å². The van der Waals surface area contributed by atoms with E-state index in [2.05, 4.69) is 11.9 Å². The van der Waals surface area contributed by atoms with Crippen LogP contribution in [0.2, 0.25) is 0 Å². The second-order valence-corrected chi connectivity index (χ2v) is 10.3. The molecule has 0 saturated heterocycles. The molecule has 1 fully saturated rings. The van der Waals surface area contributed by atoms with E-state index < -0.39 is 30.1 Å². The molecule has 0 bridgehead atoms. The number of carbonyl (C=O) groups is 3. The van der Waals surface area contributed by atoms with E-state index in [9.17, 15) is 24.6 Å². The lowest BCUT2D eigenvalue weighted by Gasteiger charge is -2.42. The highest BCUT2D eigenvalue weighted by Gasteiger charge is 2.51. The second-order valence-electron chi connectivity index (χ2n) is 10.3. The Morgan fingerprint density at radius 1 is 1.26 bits per heavy atom. The number of aliphatic hydroxyl groups excluding tert-OH is 2. The number of nitrogens with zero attached hydrogens (tertiary/aromatic N) is 1. The zero-order chi connectivity index (χ0) is 27.2. The van der Waals surface area contributed by atoms with E-state index >= 15 is 0 Å². The van der Waals surface area contributed by atoms with Crippen molar-refractivity contribution in [2.45, 2.75) is 69.1 Å². The molecule has 1 aromatic carbocycles. The van der Waals surface area contributed by atoms with Crippen LogP contribution in [-0.2, 0) is 9.59 Å². The number of aldehydes is 1. The number of allylic oxidation sites excluding steroid dienone is 1. The summed E-state index contributed by atoms with van der Waals surface area (Å²) in [5, 5.41) is 23.7. The third-order valence-corrected chi connectivity index (χ3v) is 7.83. The van der Waals surface area contributed by atoms with E-state index in [0.717, 1.165) is 25.7 Å². The summed E-state index contributed by atoms with van der Waals surface area (Å²) in [6, 6.07) is 2.41. The molecule has 206 valence electrons. The number of ether oxygens (including phenoxy) is 2. The molecule has 0 radical (unpaired) electrons. The van der Waals surface area contributed by atoms with Gasteiger partial charge in [-0.2, -0.15) is 0 Å². The Morgan fingerprint density at radius 2 is 2.03 bits per heavy atom. The van der Waals surface area contributed by atoms with Crippen molar-refractivity contribution in [1.82, 2.24) is 10.2 Å². The van der Waals surface area contributed by atoms with Crippen molar-refractivity contribution in [3.05, 3.63) is 47.6 Å². The van der Waals surface area contributed by atoms with Crippen molar-refractivity contribution in [1.29, 1.82) is 0 Å². The Hall–Kier alpha value is -3.17. The summed E-state index contributed by atoms with van der Waals surface area (Å²) in [4.78, 5) is 40.2. The van der Waals surface area contributed by atoms with Gasteiger partial charge in [-0.3, -0.25) is 14.4 Å². The smallest absolute Gasteiger partial charge is 0.247 e. The van der Waals surface area contributed by atoms with Crippen LogP contribution in [0.3, 0.4) is 0 Å². The van der Waals surface area contributed by atoms with Gasteiger partial charge in [0, 0.05) is 36.2 Å². The van der Waals surface area contributed by atoms with Crippen molar-refractivity contribution < 1.29 is 34.1 Å². The minimum Gasteiger partial charge on any atom is -0.493 e. The quantitative estimate of drug-likeness (QED) is 0.299. The highest BCUT2D eigenvalue weighted by atomic mass is 16.5. The number of amides is 2. The average molecular weight is 527 g/mol. The van der Waals surface area contributed by atoms with Crippen LogP contribution in [0, 0.1) is 5.92 Å². The van der Waals surface area contributed by atoms with Gasteiger partial charge < -0.3 is 29.9 Å². The molecule has 2 amide bonds. The summed E-state index contributed by atoms with van der Waals surface area (Å²) in [7, 11) is 1.46. The number of nitrogens with one attached hydrogen (secondary N) is 1. The predicted octanol–water partition coefficient (Wildman–Crippen LogP) is 2.51. The second kappa shape index (κ2) is 12.6. The summed E-state index contributed by atoms with van der Waals surface area (Å²) in [6.45, 7) is 4.04. The van der Waals surface area contributed by atoms with Gasteiger partial charge in [-0.25, -0.2) is 0 Å². The molecular formula is C29H38N2O7. The van der Waals surface area contributed by atoms with Crippen molar-refractivity contribution in [3.8, 4) is 11.5 Å². The molecule has 1 aromatic rings. The normalized spacial score (nSPS) is 24.3. The summed E-state index contributed by atoms with van der Waals surface area (Å²) >= 11 is 0. The number of benzene rings is 1. The first-order chi connectivity index (χ1) is 18.4. The minimum absolute atomic E-state index is 0.0518. The van der Waals surface area contributed by atoms with Gasteiger partial charge in [0.2, 0.25) is 11.8 Å². The Kier molecular flexibility index (Phi) is 9.22. The molecule has 2 aliphatic carbocycles. The largest absolute Gasteiger partial charge is 0.493 e. The standard InChI is InChI=1S/C29H38N2O7/c1-3-4-10-24(34)31(16-18-8-6-5-7-9-18)22-15-21(29(36)30-11-12-32)25-20-13-19(17-33)14-23(37-2)27(20)38-28(25)26(22)35/h3,13-15,17-18,22,25-26,28,32,35H,1,4-12,16H2,2H3,(H,30,36)/t22-,25+,26+,28+/m1/s1. The minimum atomic E-state index is -1.12. The van der Waals surface area contributed by atoms with Crippen LogP contribution in [0.5, 0.6) is 11.5 Å². The zero-order valence-corrected chi connectivity index (χ0v) is 21.9. The maximum absolute atomic E-state index is 13.5. The van der Waals surface area contributed by atoms with Crippen LogP contribution in [0.1, 0.15) is 66.8 Å². The molecule has 0 unspecified atom stereocenters. The number of hydrogen-bond donors (Lipinski definition) is 3. The molecule has 1 saturated carbocycles. The number of methoxy groups -OCH3 is 1. The maximum Gasteiger partial charge on any atom is 0.247 e. The third-order valence-electron chi connectivity index (χ3n) is 7.83. The fraction of sp³-hybridized carbons (Fsp3) is 0.552. The molecule has 1 heterocycles. The molecule has 4 rings (SSSR count). The molecular weight excluding hydrogens is 488 g/mol. The SMILES string of the molecule is C=CCCC(=O)N(CC1CCCCC1)[C@@H]1C=C(C(=O)NCCO)[C@@H]2c3cc(C=O)cc(OC)c3O[C@@H]2[C@H]1O. The molecule has 0 spiro atoms. The van der Waals surface area contributed by atoms with Crippen LogP contribution < -0.4 is 14.8 Å². The van der Waals surface area contributed by atoms with Crippen molar-refractivity contribution in [2.75, 3.05) is 26.8 Å². The van der Waals surface area contributed by atoms with E-state index in [4.69, 9.17) is 9.47 Å². The first kappa shape index (κ1) is 27.9. The average Bonchev–Trinajstić information content (AvgIpc) is 3.34. The van der Waals surface area contributed by atoms with Crippen molar-refractivity contribution >= 4 is 18.1 Å². The summed E-state index contributed by atoms with van der Waals surface area (Å²) in [6.07, 6.45) is 8.27. The van der Waals surface area contributed by atoms with Gasteiger partial charge in [0.05, 0.1) is 25.7 Å². The number of fused-ring (bicyclic) bond motifs is 3. The maximum atomic E-state index is 13.5. The Labute approximate surface area is 223 Å². The van der Waals surface area contributed by atoms with Crippen LogP contribution in [0.4, 0.5) is 0 Å². The third kappa shape index (κ3) is 5.63. The molecule has 3 aliphatic rings. The lowest BCUT2D eigenvalue weighted by Crippen LogP contribution is -2.56. The van der Waals surface area contributed by atoms with Gasteiger partial charge >= 0.3 is 0 Å². The summed E-state index contributed by atoms with van der Waals surface area (Å²) in [5.74, 6) is -0.193. The van der Waals surface area contributed by atoms with E-state index in [1.807, 2.05) is 0 Å². The predicted molar refractivity (Wildman–Crippen MR) is 141 cm³/mol. The summed E-state index contributed by atoms with van der Waals surface area (Å²) in [5.41, 5.74) is 1.25. The Morgan fingerprint density at radius 3 is 2.68 bits per heavy atom. The monoisotopic (exact) mass is 526 g/mol. The Bertz CT molecular complexity index is 1080. The number of hydrogen-bond acceptors (Lipinski definition) is 7. The van der Waals surface area contributed by atoms with Crippen LogP contribution in [-0.4, -0.2) is 78.3 Å². The zero-order valence-electron chi connectivity index (χ0n) is 21.9. The fourth-order valence-electron chi connectivity index (χ4n) is 5.97. The molecule has 3 N–H and O–H groups in total. The molecule has 4 atom stereocenters. The lowest BCUT2D eigenvalue weighted by molar-refractivity contribution is -0.138. The van der Waals surface area contributed by atoms with Gasteiger partial charge in [-0.15, -0.1) is 6.58 Å². The first-order valence-electron chi connectivity index (χ1n) is 13.5. The van der Waals surface area contributed by atoms with Crippen LogP contribution in [0.25, 0.3) is 0 Å². The van der Waals surface area contributed by atoms with E-state index in [1.54, 1.807) is 29.2 Å². The number of carbonyl (C=O) groups excluding carboxylic acids is 3. The van der Waals surface area contributed by atoms with Crippen molar-refractivity contribution in [2.24, 2.45) is 5.92 Å². The number of rotatable bonds is 11. The highest BCUT2D eigenvalue weighted by molar-refractivity contribution is 5.96. The highest BCUT2D eigenvalue weighted by Crippen LogP contribution is 2.51. The number of aliphatic hydroxyl groups is 2. The van der Waals surface area contributed by atoms with Gasteiger partial charge in [0.1, 0.15) is 18.5 Å². The molecule has 9 nitrogen and oxygen atoms in total. The van der Waals surface area contributed by atoms with E-state index in [1.165, 1.54) is 13.5 Å². The van der Waals surface area contributed by atoms with Gasteiger partial charge in [0.15, 0.2) is 11.5 Å². The van der Waals surface area contributed by atoms with Gasteiger partial charge in [0.25, 0.3) is 0 Å².